The normalized spacial score (nSPS) is 19.1. The first-order valence-corrected chi connectivity index (χ1v) is 11.1. The summed E-state index contributed by atoms with van der Waals surface area (Å²) in [4.78, 5) is 28.4. The maximum Gasteiger partial charge on any atom is 0.261 e. The number of nitrogens with one attached hydrogen (secondary N) is 1. The van der Waals surface area contributed by atoms with E-state index in [2.05, 4.69) is 19.9 Å². The van der Waals surface area contributed by atoms with E-state index in [-0.39, 0.29) is 18.0 Å². The van der Waals surface area contributed by atoms with Crippen molar-refractivity contribution in [2.45, 2.75) is 44.7 Å². The molecule has 1 saturated carbocycles. The van der Waals surface area contributed by atoms with Gasteiger partial charge in [-0.25, -0.2) is 4.98 Å². The van der Waals surface area contributed by atoms with Crippen molar-refractivity contribution in [2.24, 2.45) is 0 Å². The van der Waals surface area contributed by atoms with Crippen molar-refractivity contribution in [3.05, 3.63) is 64.7 Å². The molecule has 0 aromatic carbocycles. The third-order valence-corrected chi connectivity index (χ3v) is 6.70. The molecule has 5 rings (SSSR count). The number of thiophene rings is 1. The van der Waals surface area contributed by atoms with Crippen LogP contribution in [-0.4, -0.2) is 31.5 Å². The zero-order chi connectivity index (χ0) is 20.5. The van der Waals surface area contributed by atoms with Gasteiger partial charge in [0.2, 0.25) is 0 Å². The second-order valence-corrected chi connectivity index (χ2v) is 9.07. The van der Waals surface area contributed by atoms with Crippen molar-refractivity contribution in [1.82, 2.24) is 24.8 Å². The molecule has 4 heterocycles. The van der Waals surface area contributed by atoms with E-state index in [1.807, 2.05) is 49.5 Å². The van der Waals surface area contributed by atoms with Gasteiger partial charge in [-0.15, -0.1) is 11.3 Å². The molecular weight excluding hydrogens is 394 g/mol. The first kappa shape index (κ1) is 18.9. The largest absolute Gasteiger partial charge is 0.349 e. The lowest BCUT2D eigenvalue weighted by molar-refractivity contribution is 0.0925. The number of aromatic nitrogens is 4. The SMILES string of the molecule is Cc1ccc(C(=O)N[C@@H]2CCC[C@H](n3c(-c4ccccn4)nc4ccncc43)C2)s1. The first-order valence-electron chi connectivity index (χ1n) is 10.3. The highest BCUT2D eigenvalue weighted by atomic mass is 32.1. The summed E-state index contributed by atoms with van der Waals surface area (Å²) >= 11 is 1.54. The number of carbonyl (C=O) groups excluding carboxylic acids is 1. The van der Waals surface area contributed by atoms with Crippen LogP contribution >= 0.6 is 11.3 Å². The summed E-state index contributed by atoms with van der Waals surface area (Å²) in [6.07, 6.45) is 9.42. The molecule has 1 aliphatic rings. The molecule has 0 bridgehead atoms. The summed E-state index contributed by atoms with van der Waals surface area (Å²) in [5.41, 5.74) is 2.80. The number of carbonyl (C=O) groups is 1. The minimum absolute atomic E-state index is 0.0286. The Morgan fingerprint density at radius 1 is 1.17 bits per heavy atom. The monoisotopic (exact) mass is 417 g/mol. The Kier molecular flexibility index (Phi) is 5.04. The van der Waals surface area contributed by atoms with Gasteiger partial charge >= 0.3 is 0 Å². The number of imidazole rings is 1. The number of nitrogens with zero attached hydrogens (tertiary/aromatic N) is 4. The number of hydrogen-bond donors (Lipinski definition) is 1. The minimum Gasteiger partial charge on any atom is -0.349 e. The van der Waals surface area contributed by atoms with Crippen LogP contribution in [0.4, 0.5) is 0 Å². The molecule has 6 nitrogen and oxygen atoms in total. The highest BCUT2D eigenvalue weighted by Crippen LogP contribution is 2.35. The Morgan fingerprint density at radius 3 is 2.90 bits per heavy atom. The fourth-order valence-corrected chi connectivity index (χ4v) is 5.10. The lowest BCUT2D eigenvalue weighted by Gasteiger charge is -2.31. The van der Waals surface area contributed by atoms with Crippen LogP contribution in [-0.2, 0) is 0 Å². The summed E-state index contributed by atoms with van der Waals surface area (Å²) in [5, 5.41) is 3.25. The minimum atomic E-state index is 0.0286. The van der Waals surface area contributed by atoms with Crippen LogP contribution in [0.25, 0.3) is 22.6 Å². The van der Waals surface area contributed by atoms with Gasteiger partial charge in [-0.05, 0) is 62.9 Å². The zero-order valence-electron chi connectivity index (χ0n) is 16.8. The second kappa shape index (κ2) is 7.99. The molecule has 2 atom stereocenters. The Balaban J connectivity index is 1.45. The van der Waals surface area contributed by atoms with Gasteiger partial charge in [0, 0.05) is 29.4 Å². The Morgan fingerprint density at radius 2 is 2.10 bits per heavy atom. The Hall–Kier alpha value is -3.06. The van der Waals surface area contributed by atoms with Gasteiger partial charge in [0.15, 0.2) is 5.82 Å². The average molecular weight is 418 g/mol. The van der Waals surface area contributed by atoms with Gasteiger partial charge in [0.1, 0.15) is 5.69 Å². The first-order chi connectivity index (χ1) is 14.7. The predicted octanol–water partition coefficient (Wildman–Crippen LogP) is 4.78. The molecule has 152 valence electrons. The standard InChI is InChI=1S/C23H23N5OS/c1-15-8-9-21(30-15)23(29)26-16-5-4-6-17(13-16)28-20-14-24-12-10-18(20)27-22(28)19-7-2-3-11-25-19/h2-3,7-12,14,16-17H,4-6,13H2,1H3,(H,26,29)/t16-,17+/m1/s1. The van der Waals surface area contributed by atoms with Gasteiger partial charge in [-0.3, -0.25) is 14.8 Å². The van der Waals surface area contributed by atoms with E-state index in [1.165, 1.54) is 0 Å². The van der Waals surface area contributed by atoms with Crippen LogP contribution in [0.5, 0.6) is 0 Å². The molecule has 30 heavy (non-hydrogen) atoms. The van der Waals surface area contributed by atoms with Crippen molar-refractivity contribution in [3.63, 3.8) is 0 Å². The van der Waals surface area contributed by atoms with Gasteiger partial charge in [0.25, 0.3) is 5.91 Å². The molecule has 1 amide bonds. The molecule has 0 spiro atoms. The molecular formula is C23H23N5OS. The van der Waals surface area contributed by atoms with E-state index >= 15 is 0 Å². The summed E-state index contributed by atoms with van der Waals surface area (Å²) in [5.74, 6) is 0.894. The van der Waals surface area contributed by atoms with E-state index in [4.69, 9.17) is 4.98 Å². The highest BCUT2D eigenvalue weighted by Gasteiger charge is 2.28. The van der Waals surface area contributed by atoms with Crippen molar-refractivity contribution in [2.75, 3.05) is 0 Å². The number of hydrogen-bond acceptors (Lipinski definition) is 5. The Bertz CT molecular complexity index is 1180. The number of fused-ring (bicyclic) bond motifs is 1. The van der Waals surface area contributed by atoms with Gasteiger partial charge < -0.3 is 9.88 Å². The smallest absolute Gasteiger partial charge is 0.261 e. The number of amides is 1. The number of aryl methyl sites for hydroxylation is 1. The van der Waals surface area contributed by atoms with Crippen molar-refractivity contribution in [3.8, 4) is 11.5 Å². The molecule has 4 aromatic heterocycles. The third-order valence-electron chi connectivity index (χ3n) is 5.70. The van der Waals surface area contributed by atoms with Gasteiger partial charge in [0.05, 0.1) is 22.1 Å². The van der Waals surface area contributed by atoms with E-state index in [9.17, 15) is 4.79 Å². The van der Waals surface area contributed by atoms with Crippen LogP contribution in [0, 0.1) is 6.92 Å². The lowest BCUT2D eigenvalue weighted by Crippen LogP contribution is -2.38. The van der Waals surface area contributed by atoms with Crippen molar-refractivity contribution < 1.29 is 4.79 Å². The van der Waals surface area contributed by atoms with E-state index in [1.54, 1.807) is 23.7 Å². The molecule has 0 saturated heterocycles. The van der Waals surface area contributed by atoms with Gasteiger partial charge in [-0.1, -0.05) is 6.07 Å². The fraction of sp³-hybridized carbons (Fsp3) is 0.304. The molecule has 1 fully saturated rings. The fourth-order valence-electron chi connectivity index (χ4n) is 4.33. The van der Waals surface area contributed by atoms with Crippen LogP contribution in [0.2, 0.25) is 0 Å². The molecule has 0 unspecified atom stereocenters. The molecule has 1 N–H and O–H groups in total. The van der Waals surface area contributed by atoms with Crippen LogP contribution in [0.3, 0.4) is 0 Å². The predicted molar refractivity (Wildman–Crippen MR) is 119 cm³/mol. The maximum absolute atomic E-state index is 12.7. The quantitative estimate of drug-likeness (QED) is 0.519. The molecule has 4 aromatic rings. The lowest BCUT2D eigenvalue weighted by atomic mass is 9.90. The maximum atomic E-state index is 12.7. The summed E-state index contributed by atoms with van der Waals surface area (Å²) in [6, 6.07) is 12.1. The number of rotatable bonds is 4. The third kappa shape index (κ3) is 3.61. The molecule has 0 radical (unpaired) electrons. The molecule has 0 aliphatic heterocycles. The Labute approximate surface area is 179 Å². The van der Waals surface area contributed by atoms with Crippen LogP contribution in [0.1, 0.15) is 46.3 Å². The zero-order valence-corrected chi connectivity index (χ0v) is 17.6. The van der Waals surface area contributed by atoms with E-state index < -0.39 is 0 Å². The van der Waals surface area contributed by atoms with Crippen LogP contribution in [0.15, 0.2) is 55.0 Å². The summed E-state index contributed by atoms with van der Waals surface area (Å²) in [7, 11) is 0. The second-order valence-electron chi connectivity index (χ2n) is 7.79. The average Bonchev–Trinajstić information content (AvgIpc) is 3.38. The van der Waals surface area contributed by atoms with E-state index in [0.717, 1.165) is 58.0 Å². The van der Waals surface area contributed by atoms with Crippen molar-refractivity contribution in [1.29, 1.82) is 0 Å². The number of pyridine rings is 2. The van der Waals surface area contributed by atoms with E-state index in [0.29, 0.717) is 0 Å². The summed E-state index contributed by atoms with van der Waals surface area (Å²) in [6.45, 7) is 2.02. The van der Waals surface area contributed by atoms with Crippen molar-refractivity contribution >= 4 is 28.3 Å². The molecule has 1 aliphatic carbocycles. The highest BCUT2D eigenvalue weighted by molar-refractivity contribution is 7.13. The topological polar surface area (TPSA) is 72.7 Å². The molecule has 7 heteroatoms. The summed E-state index contributed by atoms with van der Waals surface area (Å²) < 4.78 is 2.28. The van der Waals surface area contributed by atoms with Gasteiger partial charge in [-0.2, -0.15) is 0 Å². The van der Waals surface area contributed by atoms with Crippen LogP contribution < -0.4 is 5.32 Å².